The van der Waals surface area contributed by atoms with Crippen molar-refractivity contribution in [2.24, 2.45) is 5.92 Å². The first-order chi connectivity index (χ1) is 10.3. The Balaban J connectivity index is 1.71. The van der Waals surface area contributed by atoms with Gasteiger partial charge in [0.15, 0.2) is 0 Å². The van der Waals surface area contributed by atoms with E-state index in [9.17, 15) is 4.79 Å². The molecule has 5 heteroatoms. The van der Waals surface area contributed by atoms with E-state index in [2.05, 4.69) is 17.6 Å². The van der Waals surface area contributed by atoms with E-state index in [4.69, 9.17) is 4.74 Å². The molecule has 0 bridgehead atoms. The van der Waals surface area contributed by atoms with Crippen LogP contribution in [0.2, 0.25) is 0 Å². The third-order valence-corrected chi connectivity index (χ3v) is 4.00. The minimum atomic E-state index is 0.162. The number of rotatable bonds is 4. The lowest BCUT2D eigenvalue weighted by Gasteiger charge is -2.17. The number of thiol groups is 1. The number of benzene rings is 1. The normalized spacial score (nSPS) is 18.0. The van der Waals surface area contributed by atoms with Crippen molar-refractivity contribution in [1.29, 1.82) is 0 Å². The molecular formula is C16H16N2O2S. The first-order valence-electron chi connectivity index (χ1n) is 6.85. The molecule has 0 aliphatic carbocycles. The van der Waals surface area contributed by atoms with Crippen molar-refractivity contribution in [3.63, 3.8) is 0 Å². The lowest BCUT2D eigenvalue weighted by atomic mass is 10.1. The minimum Gasteiger partial charge on any atom is -0.456 e. The molecule has 1 amide bonds. The average molecular weight is 300 g/mol. The Kier molecular flexibility index (Phi) is 4.10. The highest BCUT2D eigenvalue weighted by molar-refractivity contribution is 7.80. The van der Waals surface area contributed by atoms with Gasteiger partial charge in [-0.25, -0.2) is 0 Å². The van der Waals surface area contributed by atoms with E-state index < -0.39 is 0 Å². The van der Waals surface area contributed by atoms with Gasteiger partial charge in [-0.05, 0) is 48.1 Å². The molecule has 21 heavy (non-hydrogen) atoms. The molecule has 2 aromatic rings. The molecule has 108 valence electrons. The Morgan fingerprint density at radius 1 is 1.24 bits per heavy atom. The zero-order valence-corrected chi connectivity index (χ0v) is 12.4. The Morgan fingerprint density at radius 2 is 2.05 bits per heavy atom. The van der Waals surface area contributed by atoms with Crippen molar-refractivity contribution < 1.29 is 9.53 Å². The summed E-state index contributed by atoms with van der Waals surface area (Å²) in [5.41, 5.74) is 0.905. The minimum absolute atomic E-state index is 0.162. The van der Waals surface area contributed by atoms with E-state index in [0.717, 1.165) is 23.7 Å². The number of nitrogens with zero attached hydrogens (tertiary/aromatic N) is 2. The maximum Gasteiger partial charge on any atom is 0.227 e. The van der Waals surface area contributed by atoms with Crippen LogP contribution in [-0.2, 0) is 4.79 Å². The van der Waals surface area contributed by atoms with Crippen LogP contribution in [0.4, 0.5) is 5.69 Å². The standard InChI is InChI=1S/C16H16N2O2S/c19-16-8-12(11-21)10-18(16)13-3-5-14(6-4-13)20-15-2-1-7-17-9-15/h1-7,9,12,21H,8,10-11H2. The van der Waals surface area contributed by atoms with Gasteiger partial charge < -0.3 is 9.64 Å². The van der Waals surface area contributed by atoms with Crippen LogP contribution >= 0.6 is 12.6 Å². The maximum atomic E-state index is 12.0. The molecule has 0 saturated carbocycles. The molecule has 1 saturated heterocycles. The molecule has 1 unspecified atom stereocenters. The average Bonchev–Trinajstić information content (AvgIpc) is 2.90. The summed E-state index contributed by atoms with van der Waals surface area (Å²) in [6.07, 6.45) is 3.94. The fourth-order valence-electron chi connectivity index (χ4n) is 2.39. The highest BCUT2D eigenvalue weighted by atomic mass is 32.1. The fraction of sp³-hybridized carbons (Fsp3) is 0.250. The van der Waals surface area contributed by atoms with Crippen LogP contribution < -0.4 is 9.64 Å². The largest absolute Gasteiger partial charge is 0.456 e. The molecular weight excluding hydrogens is 284 g/mol. The number of ether oxygens (including phenoxy) is 1. The smallest absolute Gasteiger partial charge is 0.227 e. The van der Waals surface area contributed by atoms with E-state index >= 15 is 0 Å². The highest BCUT2D eigenvalue weighted by Crippen LogP contribution is 2.28. The van der Waals surface area contributed by atoms with Gasteiger partial charge in [-0.2, -0.15) is 12.6 Å². The van der Waals surface area contributed by atoms with Gasteiger partial charge in [-0.3, -0.25) is 9.78 Å². The summed E-state index contributed by atoms with van der Waals surface area (Å²) in [5, 5.41) is 0. The Morgan fingerprint density at radius 3 is 2.67 bits per heavy atom. The van der Waals surface area contributed by atoms with Crippen molar-refractivity contribution >= 4 is 24.2 Å². The van der Waals surface area contributed by atoms with E-state index in [1.807, 2.05) is 41.3 Å². The lowest BCUT2D eigenvalue weighted by Crippen LogP contribution is -2.24. The zero-order valence-electron chi connectivity index (χ0n) is 11.5. The molecule has 3 rings (SSSR count). The summed E-state index contributed by atoms with van der Waals surface area (Å²) in [5.74, 6) is 2.66. The number of anilines is 1. The van der Waals surface area contributed by atoms with Gasteiger partial charge in [0.1, 0.15) is 11.5 Å². The molecule has 1 aromatic heterocycles. The second kappa shape index (κ2) is 6.18. The van der Waals surface area contributed by atoms with Crippen molar-refractivity contribution in [2.45, 2.75) is 6.42 Å². The van der Waals surface area contributed by atoms with Crippen molar-refractivity contribution in [1.82, 2.24) is 4.98 Å². The monoisotopic (exact) mass is 300 g/mol. The number of pyridine rings is 1. The predicted octanol–water partition coefficient (Wildman–Crippen LogP) is 3.16. The van der Waals surface area contributed by atoms with Crippen molar-refractivity contribution in [3.8, 4) is 11.5 Å². The second-order valence-corrected chi connectivity index (χ2v) is 5.41. The first kappa shape index (κ1) is 13.9. The fourth-order valence-corrected chi connectivity index (χ4v) is 2.64. The van der Waals surface area contributed by atoms with E-state index in [0.29, 0.717) is 18.1 Å². The van der Waals surface area contributed by atoms with Gasteiger partial charge in [0.25, 0.3) is 0 Å². The van der Waals surface area contributed by atoms with Gasteiger partial charge in [-0.15, -0.1) is 0 Å². The van der Waals surface area contributed by atoms with E-state index in [1.54, 1.807) is 12.4 Å². The summed E-state index contributed by atoms with van der Waals surface area (Å²) in [4.78, 5) is 17.8. The molecule has 2 heterocycles. The number of carbonyl (C=O) groups excluding carboxylic acids is 1. The molecule has 1 atom stereocenters. The quantitative estimate of drug-likeness (QED) is 0.882. The number of carbonyl (C=O) groups is 1. The van der Waals surface area contributed by atoms with Crippen LogP contribution in [0.5, 0.6) is 11.5 Å². The first-order valence-corrected chi connectivity index (χ1v) is 7.48. The summed E-state index contributed by atoms with van der Waals surface area (Å²) < 4.78 is 5.69. The van der Waals surface area contributed by atoms with Crippen molar-refractivity contribution in [3.05, 3.63) is 48.8 Å². The Hall–Kier alpha value is -2.01. The van der Waals surface area contributed by atoms with E-state index in [-0.39, 0.29) is 5.91 Å². The van der Waals surface area contributed by atoms with Crippen LogP contribution in [-0.4, -0.2) is 23.2 Å². The van der Waals surface area contributed by atoms with Crippen LogP contribution in [0.3, 0.4) is 0 Å². The summed E-state index contributed by atoms with van der Waals surface area (Å²) in [7, 11) is 0. The second-order valence-electron chi connectivity index (χ2n) is 5.04. The van der Waals surface area contributed by atoms with Gasteiger partial charge in [0, 0.05) is 24.8 Å². The summed E-state index contributed by atoms with van der Waals surface area (Å²) in [6.45, 7) is 0.741. The topological polar surface area (TPSA) is 42.4 Å². The molecule has 0 spiro atoms. The van der Waals surface area contributed by atoms with Crippen LogP contribution in [0.1, 0.15) is 6.42 Å². The Bertz CT molecular complexity index is 616. The lowest BCUT2D eigenvalue weighted by molar-refractivity contribution is -0.117. The number of amides is 1. The molecule has 4 nitrogen and oxygen atoms in total. The van der Waals surface area contributed by atoms with Gasteiger partial charge >= 0.3 is 0 Å². The SMILES string of the molecule is O=C1CC(CS)CN1c1ccc(Oc2cccnc2)cc1. The van der Waals surface area contributed by atoms with E-state index in [1.165, 1.54) is 0 Å². The maximum absolute atomic E-state index is 12.0. The van der Waals surface area contributed by atoms with Crippen LogP contribution in [0.15, 0.2) is 48.8 Å². The highest BCUT2D eigenvalue weighted by Gasteiger charge is 2.29. The number of hydrogen-bond donors (Lipinski definition) is 1. The molecule has 0 radical (unpaired) electrons. The summed E-state index contributed by atoms with van der Waals surface area (Å²) >= 11 is 4.28. The molecule has 1 aliphatic rings. The van der Waals surface area contributed by atoms with Crippen LogP contribution in [0.25, 0.3) is 0 Å². The van der Waals surface area contributed by atoms with Crippen molar-refractivity contribution in [2.75, 3.05) is 17.2 Å². The number of hydrogen-bond acceptors (Lipinski definition) is 4. The van der Waals surface area contributed by atoms with Crippen LogP contribution in [0, 0.1) is 5.92 Å². The molecule has 0 N–H and O–H groups in total. The third-order valence-electron chi connectivity index (χ3n) is 3.48. The predicted molar refractivity (Wildman–Crippen MR) is 85.1 cm³/mol. The van der Waals surface area contributed by atoms with Gasteiger partial charge in [0.05, 0.1) is 6.20 Å². The zero-order chi connectivity index (χ0) is 14.7. The third kappa shape index (κ3) is 3.19. The molecule has 1 fully saturated rings. The van der Waals surface area contributed by atoms with Gasteiger partial charge in [0.2, 0.25) is 5.91 Å². The summed E-state index contributed by atoms with van der Waals surface area (Å²) in [6, 6.07) is 11.2. The number of aromatic nitrogens is 1. The Labute approximate surface area is 129 Å². The molecule has 1 aliphatic heterocycles. The van der Waals surface area contributed by atoms with Gasteiger partial charge in [-0.1, -0.05) is 0 Å². The molecule has 1 aromatic carbocycles.